The highest BCUT2D eigenvalue weighted by molar-refractivity contribution is 5.86. The molecule has 1 aromatic carbocycles. The molecule has 2 rings (SSSR count). The van der Waals surface area contributed by atoms with Crippen LogP contribution in [0.5, 0.6) is 0 Å². The minimum absolute atomic E-state index is 0.207. The Morgan fingerprint density at radius 2 is 2.12 bits per heavy atom. The van der Waals surface area contributed by atoms with Crippen molar-refractivity contribution in [3.63, 3.8) is 0 Å². The number of aromatic nitrogens is 2. The van der Waals surface area contributed by atoms with Crippen molar-refractivity contribution in [1.29, 1.82) is 0 Å². The average Bonchev–Trinajstić information content (AvgIpc) is 2.79. The number of carboxylic acids is 1. The highest BCUT2D eigenvalue weighted by Crippen LogP contribution is 2.02. The molecule has 0 saturated carbocycles. The molecule has 4 heteroatoms. The Morgan fingerprint density at radius 1 is 1.35 bits per heavy atom. The van der Waals surface area contributed by atoms with Gasteiger partial charge in [0.25, 0.3) is 0 Å². The minimum Gasteiger partial charge on any atom is -0.478 e. The topological polar surface area (TPSA) is 55.1 Å². The number of aromatic carboxylic acids is 1. The van der Waals surface area contributed by atoms with E-state index in [2.05, 4.69) is 5.10 Å². The predicted octanol–water partition coefficient (Wildman–Crippen LogP) is 2.29. The Kier molecular flexibility index (Phi) is 3.35. The van der Waals surface area contributed by atoms with Crippen LogP contribution in [-0.2, 0) is 6.54 Å². The van der Waals surface area contributed by atoms with Crippen molar-refractivity contribution in [2.75, 3.05) is 0 Å². The van der Waals surface area contributed by atoms with Crippen LogP contribution in [0.2, 0.25) is 0 Å². The van der Waals surface area contributed by atoms with Crippen LogP contribution in [-0.4, -0.2) is 20.9 Å². The largest absolute Gasteiger partial charge is 0.478 e. The molecule has 0 radical (unpaired) electrons. The van der Waals surface area contributed by atoms with Crippen molar-refractivity contribution in [3.05, 3.63) is 59.9 Å². The molecular weight excluding hydrogens is 216 g/mol. The first-order valence-electron chi connectivity index (χ1n) is 5.23. The van der Waals surface area contributed by atoms with E-state index in [-0.39, 0.29) is 5.56 Å². The Bertz CT molecular complexity index is 529. The Morgan fingerprint density at radius 3 is 2.76 bits per heavy atom. The molecular formula is C13H12N2O2. The van der Waals surface area contributed by atoms with E-state index in [1.54, 1.807) is 4.68 Å². The summed E-state index contributed by atoms with van der Waals surface area (Å²) in [6.07, 6.45) is 6.77. The number of hydrogen-bond donors (Lipinski definition) is 1. The number of carboxylic acid groups (broad SMARTS) is 1. The predicted molar refractivity (Wildman–Crippen MR) is 64.7 cm³/mol. The second kappa shape index (κ2) is 5.12. The summed E-state index contributed by atoms with van der Waals surface area (Å²) in [4.78, 5) is 10.6. The quantitative estimate of drug-likeness (QED) is 0.873. The summed E-state index contributed by atoms with van der Waals surface area (Å²) < 4.78 is 1.59. The first kappa shape index (κ1) is 11.1. The molecule has 0 aliphatic heterocycles. The number of benzene rings is 1. The van der Waals surface area contributed by atoms with E-state index in [1.165, 1.54) is 12.4 Å². The van der Waals surface area contributed by atoms with Crippen LogP contribution in [0.15, 0.2) is 48.8 Å². The number of rotatable bonds is 4. The van der Waals surface area contributed by atoms with Gasteiger partial charge in [0, 0.05) is 6.20 Å². The maximum absolute atomic E-state index is 10.6. The lowest BCUT2D eigenvalue weighted by Crippen LogP contribution is -1.96. The third kappa shape index (κ3) is 3.04. The molecule has 0 spiro atoms. The molecule has 4 nitrogen and oxygen atoms in total. The van der Waals surface area contributed by atoms with Gasteiger partial charge in [0.05, 0.1) is 18.3 Å². The van der Waals surface area contributed by atoms with Crippen molar-refractivity contribution in [2.24, 2.45) is 0 Å². The van der Waals surface area contributed by atoms with E-state index >= 15 is 0 Å². The fourth-order valence-electron chi connectivity index (χ4n) is 1.43. The summed E-state index contributed by atoms with van der Waals surface area (Å²) in [5.41, 5.74) is 1.32. The van der Waals surface area contributed by atoms with Gasteiger partial charge in [0.1, 0.15) is 0 Å². The zero-order valence-corrected chi connectivity index (χ0v) is 9.15. The SMILES string of the molecule is O=C(O)c1cnn(C/C=C/c2ccccc2)c1. The lowest BCUT2D eigenvalue weighted by Gasteiger charge is -1.94. The summed E-state index contributed by atoms with van der Waals surface area (Å²) in [5.74, 6) is -0.955. The molecule has 17 heavy (non-hydrogen) atoms. The summed E-state index contributed by atoms with van der Waals surface area (Å²) in [6.45, 7) is 0.558. The van der Waals surface area contributed by atoms with Gasteiger partial charge in [-0.2, -0.15) is 5.10 Å². The van der Waals surface area contributed by atoms with E-state index in [0.29, 0.717) is 6.54 Å². The Hall–Kier alpha value is -2.36. The van der Waals surface area contributed by atoms with Crippen LogP contribution < -0.4 is 0 Å². The Labute approximate surface area is 98.8 Å². The monoisotopic (exact) mass is 228 g/mol. The maximum Gasteiger partial charge on any atom is 0.338 e. The standard InChI is InChI=1S/C13H12N2O2/c16-13(17)12-9-14-15(10-12)8-4-7-11-5-2-1-3-6-11/h1-7,9-10H,8H2,(H,16,17)/b7-4+. The van der Waals surface area contributed by atoms with Gasteiger partial charge in [0.15, 0.2) is 0 Å². The summed E-state index contributed by atoms with van der Waals surface area (Å²) >= 11 is 0. The van der Waals surface area contributed by atoms with E-state index in [0.717, 1.165) is 5.56 Å². The van der Waals surface area contributed by atoms with Crippen LogP contribution in [0.25, 0.3) is 6.08 Å². The number of allylic oxidation sites excluding steroid dienone is 1. The van der Waals surface area contributed by atoms with Gasteiger partial charge in [-0.15, -0.1) is 0 Å². The van der Waals surface area contributed by atoms with Crippen molar-refractivity contribution < 1.29 is 9.90 Å². The molecule has 86 valence electrons. The molecule has 2 aromatic rings. The van der Waals surface area contributed by atoms with Gasteiger partial charge < -0.3 is 5.11 Å². The van der Waals surface area contributed by atoms with Crippen molar-refractivity contribution in [1.82, 2.24) is 9.78 Å². The van der Waals surface area contributed by atoms with Gasteiger partial charge in [0.2, 0.25) is 0 Å². The first-order chi connectivity index (χ1) is 8.25. The van der Waals surface area contributed by atoms with E-state index in [1.807, 2.05) is 42.5 Å². The van der Waals surface area contributed by atoms with E-state index in [9.17, 15) is 4.79 Å². The molecule has 1 heterocycles. The fourth-order valence-corrected chi connectivity index (χ4v) is 1.43. The van der Waals surface area contributed by atoms with Crippen LogP contribution in [0.1, 0.15) is 15.9 Å². The zero-order valence-electron chi connectivity index (χ0n) is 9.15. The molecule has 0 aliphatic carbocycles. The molecule has 0 amide bonds. The molecule has 1 aromatic heterocycles. The van der Waals surface area contributed by atoms with Crippen molar-refractivity contribution in [2.45, 2.75) is 6.54 Å². The second-order valence-electron chi connectivity index (χ2n) is 3.57. The molecule has 0 bridgehead atoms. The second-order valence-corrected chi connectivity index (χ2v) is 3.57. The van der Waals surface area contributed by atoms with Crippen LogP contribution in [0.4, 0.5) is 0 Å². The fraction of sp³-hybridized carbons (Fsp3) is 0.0769. The van der Waals surface area contributed by atoms with Gasteiger partial charge in [-0.3, -0.25) is 4.68 Å². The van der Waals surface area contributed by atoms with E-state index < -0.39 is 5.97 Å². The van der Waals surface area contributed by atoms with E-state index in [4.69, 9.17) is 5.11 Å². The maximum atomic E-state index is 10.6. The van der Waals surface area contributed by atoms with Gasteiger partial charge in [-0.25, -0.2) is 4.79 Å². The molecule has 1 N–H and O–H groups in total. The van der Waals surface area contributed by atoms with Crippen LogP contribution in [0, 0.1) is 0 Å². The first-order valence-corrected chi connectivity index (χ1v) is 5.23. The highest BCUT2D eigenvalue weighted by Gasteiger charge is 2.04. The third-order valence-electron chi connectivity index (χ3n) is 2.28. The number of hydrogen-bond acceptors (Lipinski definition) is 2. The van der Waals surface area contributed by atoms with Gasteiger partial charge in [-0.1, -0.05) is 42.5 Å². The average molecular weight is 228 g/mol. The van der Waals surface area contributed by atoms with Gasteiger partial charge >= 0.3 is 5.97 Å². The minimum atomic E-state index is -0.955. The summed E-state index contributed by atoms with van der Waals surface area (Å²) in [7, 11) is 0. The molecule has 0 saturated heterocycles. The molecule has 0 atom stereocenters. The summed E-state index contributed by atoms with van der Waals surface area (Å²) in [5, 5.41) is 12.7. The number of carbonyl (C=O) groups is 1. The lowest BCUT2D eigenvalue weighted by molar-refractivity contribution is 0.0697. The Balaban J connectivity index is 1.98. The zero-order chi connectivity index (χ0) is 12.1. The normalized spacial score (nSPS) is 10.8. The number of nitrogens with zero attached hydrogens (tertiary/aromatic N) is 2. The van der Waals surface area contributed by atoms with Gasteiger partial charge in [-0.05, 0) is 5.56 Å². The molecule has 0 fully saturated rings. The summed E-state index contributed by atoms with van der Waals surface area (Å²) in [6, 6.07) is 9.90. The smallest absolute Gasteiger partial charge is 0.338 e. The van der Waals surface area contributed by atoms with Crippen LogP contribution in [0.3, 0.4) is 0 Å². The third-order valence-corrected chi connectivity index (χ3v) is 2.28. The van der Waals surface area contributed by atoms with Crippen molar-refractivity contribution >= 4 is 12.0 Å². The highest BCUT2D eigenvalue weighted by atomic mass is 16.4. The van der Waals surface area contributed by atoms with Crippen LogP contribution >= 0.6 is 0 Å². The molecule has 0 aliphatic rings. The molecule has 0 unspecified atom stereocenters. The van der Waals surface area contributed by atoms with Crippen molar-refractivity contribution in [3.8, 4) is 0 Å². The lowest BCUT2D eigenvalue weighted by atomic mass is 10.2.